The summed E-state index contributed by atoms with van der Waals surface area (Å²) < 4.78 is 0. The minimum atomic E-state index is 0.412. The monoisotopic (exact) mass is 297 g/mol. The van der Waals surface area contributed by atoms with Gasteiger partial charge in [-0.1, -0.05) is 29.9 Å². The fourth-order valence-electron chi connectivity index (χ4n) is 3.00. The van der Waals surface area contributed by atoms with Crippen molar-refractivity contribution in [1.29, 1.82) is 0 Å². The Morgan fingerprint density at radius 2 is 2.10 bits per heavy atom. The summed E-state index contributed by atoms with van der Waals surface area (Å²) >= 11 is 5.24. The van der Waals surface area contributed by atoms with Crippen molar-refractivity contribution in [3.05, 3.63) is 52.7 Å². The average molecular weight is 297 g/mol. The van der Waals surface area contributed by atoms with E-state index in [-0.39, 0.29) is 0 Å². The molecule has 2 heterocycles. The van der Waals surface area contributed by atoms with E-state index in [1.165, 1.54) is 16.8 Å². The van der Waals surface area contributed by atoms with Crippen LogP contribution in [0.15, 0.2) is 30.5 Å². The number of fused-ring (bicyclic) bond motifs is 1. The topological polar surface area (TPSA) is 42.2 Å². The van der Waals surface area contributed by atoms with Crippen molar-refractivity contribution in [2.45, 2.75) is 26.7 Å². The van der Waals surface area contributed by atoms with Crippen LogP contribution in [0.4, 0.5) is 11.5 Å². The number of aromatic nitrogens is 1. The number of nitrogens with two attached hydrogens (primary N) is 1. The lowest BCUT2D eigenvalue weighted by atomic mass is 9.98. The SMILES string of the molecule is Cc1ccc2c(c1)CCCN2c1nccc(C)c1C(N)=S. The summed E-state index contributed by atoms with van der Waals surface area (Å²) in [5.74, 6) is 0.882. The summed E-state index contributed by atoms with van der Waals surface area (Å²) in [7, 11) is 0. The lowest BCUT2D eigenvalue weighted by molar-refractivity contribution is 0.758. The lowest BCUT2D eigenvalue weighted by Crippen LogP contribution is -2.28. The Hall–Kier alpha value is -1.94. The molecule has 0 unspecified atom stereocenters. The van der Waals surface area contributed by atoms with Crippen LogP contribution in [-0.4, -0.2) is 16.5 Å². The van der Waals surface area contributed by atoms with Crippen LogP contribution < -0.4 is 10.6 Å². The molecular formula is C17H19N3S. The fraction of sp³-hybridized carbons (Fsp3) is 0.294. The molecule has 0 saturated heterocycles. The number of aryl methyl sites for hydroxylation is 3. The standard InChI is InChI=1S/C17H19N3S/c1-11-5-6-14-13(10-11)4-3-9-20(14)17-15(16(18)21)12(2)7-8-19-17/h5-8,10H,3-4,9H2,1-2H3,(H2,18,21). The number of nitrogens with zero attached hydrogens (tertiary/aromatic N) is 2. The molecule has 21 heavy (non-hydrogen) atoms. The maximum absolute atomic E-state index is 5.93. The molecule has 0 fully saturated rings. The Kier molecular flexibility index (Phi) is 3.64. The molecule has 1 aromatic carbocycles. The van der Waals surface area contributed by atoms with E-state index >= 15 is 0 Å². The Morgan fingerprint density at radius 3 is 2.86 bits per heavy atom. The molecule has 0 saturated carbocycles. The van der Waals surface area contributed by atoms with Gasteiger partial charge in [0.15, 0.2) is 0 Å². The van der Waals surface area contributed by atoms with Gasteiger partial charge in [-0.2, -0.15) is 0 Å². The summed E-state index contributed by atoms with van der Waals surface area (Å²) in [5, 5.41) is 0. The van der Waals surface area contributed by atoms with Crippen molar-refractivity contribution >= 4 is 28.7 Å². The molecule has 0 aliphatic carbocycles. The molecule has 2 aromatic rings. The molecule has 0 bridgehead atoms. The van der Waals surface area contributed by atoms with Crippen LogP contribution >= 0.6 is 12.2 Å². The maximum atomic E-state index is 5.93. The van der Waals surface area contributed by atoms with Gasteiger partial charge in [-0.05, 0) is 49.9 Å². The van der Waals surface area contributed by atoms with Gasteiger partial charge in [0.05, 0.1) is 5.56 Å². The van der Waals surface area contributed by atoms with Crippen LogP contribution in [0.1, 0.15) is 28.7 Å². The third-order valence-electron chi connectivity index (χ3n) is 3.99. The van der Waals surface area contributed by atoms with Crippen LogP contribution in [0.2, 0.25) is 0 Å². The highest BCUT2D eigenvalue weighted by molar-refractivity contribution is 7.80. The lowest BCUT2D eigenvalue weighted by Gasteiger charge is -2.32. The van der Waals surface area contributed by atoms with Gasteiger partial charge in [0, 0.05) is 18.4 Å². The Balaban J connectivity index is 2.16. The van der Waals surface area contributed by atoms with Crippen LogP contribution in [0.25, 0.3) is 0 Å². The van der Waals surface area contributed by atoms with Crippen molar-refractivity contribution in [1.82, 2.24) is 4.98 Å². The molecule has 0 atom stereocenters. The molecule has 0 spiro atoms. The van der Waals surface area contributed by atoms with Gasteiger partial charge >= 0.3 is 0 Å². The Bertz CT molecular complexity index is 709. The van der Waals surface area contributed by atoms with Crippen LogP contribution in [0.3, 0.4) is 0 Å². The van der Waals surface area contributed by atoms with Crippen molar-refractivity contribution in [2.75, 3.05) is 11.4 Å². The number of pyridine rings is 1. The van der Waals surface area contributed by atoms with Crippen LogP contribution in [0, 0.1) is 13.8 Å². The van der Waals surface area contributed by atoms with E-state index in [1.807, 2.05) is 19.2 Å². The summed E-state index contributed by atoms with van der Waals surface area (Å²) in [4.78, 5) is 7.23. The summed E-state index contributed by atoms with van der Waals surface area (Å²) in [5.41, 5.74) is 11.8. The van der Waals surface area contributed by atoms with E-state index in [0.717, 1.165) is 36.3 Å². The molecule has 0 radical (unpaired) electrons. The van der Waals surface area contributed by atoms with E-state index in [1.54, 1.807) is 0 Å². The summed E-state index contributed by atoms with van der Waals surface area (Å²) in [6.07, 6.45) is 4.06. The number of hydrogen-bond acceptors (Lipinski definition) is 3. The minimum Gasteiger partial charge on any atom is -0.389 e. The molecule has 1 aromatic heterocycles. The zero-order valence-corrected chi connectivity index (χ0v) is 13.2. The third kappa shape index (κ3) is 2.51. The van der Waals surface area contributed by atoms with E-state index in [9.17, 15) is 0 Å². The van der Waals surface area contributed by atoms with Gasteiger partial charge in [-0.15, -0.1) is 0 Å². The average Bonchev–Trinajstić information content (AvgIpc) is 2.45. The first-order valence-corrected chi connectivity index (χ1v) is 7.61. The predicted octanol–water partition coefficient (Wildman–Crippen LogP) is 3.42. The van der Waals surface area contributed by atoms with Gasteiger partial charge in [0.25, 0.3) is 0 Å². The second kappa shape index (κ2) is 5.45. The first kappa shape index (κ1) is 14.0. The molecule has 108 valence electrons. The Labute approximate surface area is 130 Å². The molecule has 3 nitrogen and oxygen atoms in total. The first-order chi connectivity index (χ1) is 10.1. The highest BCUT2D eigenvalue weighted by Gasteiger charge is 2.23. The van der Waals surface area contributed by atoms with E-state index in [2.05, 4.69) is 35.0 Å². The molecule has 3 rings (SSSR count). The van der Waals surface area contributed by atoms with Crippen molar-refractivity contribution in [3.8, 4) is 0 Å². The van der Waals surface area contributed by atoms with Crippen LogP contribution in [-0.2, 0) is 6.42 Å². The van der Waals surface area contributed by atoms with E-state index in [0.29, 0.717) is 4.99 Å². The largest absolute Gasteiger partial charge is 0.389 e. The van der Waals surface area contributed by atoms with Crippen LogP contribution in [0.5, 0.6) is 0 Å². The normalized spacial score (nSPS) is 13.9. The second-order valence-corrected chi connectivity index (χ2v) is 6.02. The molecular weight excluding hydrogens is 278 g/mol. The predicted molar refractivity (Wildman–Crippen MR) is 91.4 cm³/mol. The highest BCUT2D eigenvalue weighted by Crippen LogP contribution is 2.35. The van der Waals surface area contributed by atoms with Crippen molar-refractivity contribution in [3.63, 3.8) is 0 Å². The van der Waals surface area contributed by atoms with Gasteiger partial charge < -0.3 is 10.6 Å². The molecule has 1 aliphatic rings. The molecule has 4 heteroatoms. The minimum absolute atomic E-state index is 0.412. The third-order valence-corrected chi connectivity index (χ3v) is 4.20. The summed E-state index contributed by atoms with van der Waals surface area (Å²) in [6.45, 7) is 5.10. The number of anilines is 2. The maximum Gasteiger partial charge on any atom is 0.143 e. The van der Waals surface area contributed by atoms with Crippen molar-refractivity contribution < 1.29 is 0 Å². The van der Waals surface area contributed by atoms with Gasteiger partial charge in [-0.25, -0.2) is 4.98 Å². The molecule has 0 amide bonds. The molecule has 1 aliphatic heterocycles. The second-order valence-electron chi connectivity index (χ2n) is 5.58. The number of hydrogen-bond donors (Lipinski definition) is 1. The number of rotatable bonds is 2. The zero-order valence-electron chi connectivity index (χ0n) is 12.4. The number of benzene rings is 1. The Morgan fingerprint density at radius 1 is 1.29 bits per heavy atom. The van der Waals surface area contributed by atoms with E-state index < -0.39 is 0 Å². The zero-order chi connectivity index (χ0) is 15.0. The van der Waals surface area contributed by atoms with E-state index in [4.69, 9.17) is 18.0 Å². The van der Waals surface area contributed by atoms with Gasteiger partial charge in [0.1, 0.15) is 10.8 Å². The van der Waals surface area contributed by atoms with Gasteiger partial charge in [0.2, 0.25) is 0 Å². The smallest absolute Gasteiger partial charge is 0.143 e. The first-order valence-electron chi connectivity index (χ1n) is 7.20. The number of thiocarbonyl (C=S) groups is 1. The quantitative estimate of drug-likeness (QED) is 0.863. The summed E-state index contributed by atoms with van der Waals surface area (Å²) in [6, 6.07) is 8.54. The highest BCUT2D eigenvalue weighted by atomic mass is 32.1. The fourth-order valence-corrected chi connectivity index (χ4v) is 3.25. The molecule has 2 N–H and O–H groups in total. The van der Waals surface area contributed by atoms with Crippen molar-refractivity contribution in [2.24, 2.45) is 5.73 Å². The van der Waals surface area contributed by atoms with Gasteiger partial charge in [-0.3, -0.25) is 0 Å².